The van der Waals surface area contributed by atoms with E-state index in [1.165, 1.54) is 13.1 Å². The monoisotopic (exact) mass is 467 g/mol. The van der Waals surface area contributed by atoms with E-state index in [1.54, 1.807) is 0 Å². The second-order valence-corrected chi connectivity index (χ2v) is 8.33. The van der Waals surface area contributed by atoms with Gasteiger partial charge in [-0.15, -0.1) is 11.3 Å². The van der Waals surface area contributed by atoms with E-state index in [0.29, 0.717) is 17.3 Å². The number of rotatable bonds is 4. The van der Waals surface area contributed by atoms with Crippen molar-refractivity contribution in [3.63, 3.8) is 0 Å². The summed E-state index contributed by atoms with van der Waals surface area (Å²) in [6, 6.07) is 2.73. The van der Waals surface area contributed by atoms with Gasteiger partial charge in [-0.2, -0.15) is 26.3 Å². The first-order valence-electron chi connectivity index (χ1n) is 8.04. The van der Waals surface area contributed by atoms with Crippen LogP contribution in [-0.4, -0.2) is 23.7 Å². The van der Waals surface area contributed by atoms with Crippen molar-refractivity contribution in [1.82, 2.24) is 15.0 Å². The summed E-state index contributed by atoms with van der Waals surface area (Å²) in [6.07, 6.45) is -6.70. The van der Waals surface area contributed by atoms with Gasteiger partial charge in [0.1, 0.15) is 10.7 Å². The van der Waals surface area contributed by atoms with Crippen molar-refractivity contribution >= 4 is 22.4 Å². The summed E-state index contributed by atoms with van der Waals surface area (Å²) in [5, 5.41) is -1.06. The van der Waals surface area contributed by atoms with Gasteiger partial charge in [-0.05, 0) is 30.7 Å². The molecule has 0 bridgehead atoms. The van der Waals surface area contributed by atoms with Crippen LogP contribution in [0.25, 0.3) is 21.3 Å². The lowest BCUT2D eigenvalue weighted by Crippen LogP contribution is -2.10. The molecule has 0 aromatic carbocycles. The van der Waals surface area contributed by atoms with Gasteiger partial charge in [-0.1, -0.05) is 0 Å². The summed E-state index contributed by atoms with van der Waals surface area (Å²) in [4.78, 5) is 11.9. The minimum Gasteiger partial charge on any atom is -0.306 e. The smallest absolute Gasteiger partial charge is 0.306 e. The van der Waals surface area contributed by atoms with Gasteiger partial charge in [0.05, 0.1) is 26.9 Å². The fraction of sp³-hybridized carbons (Fsp3) is 0.235. The Morgan fingerprint density at radius 1 is 0.967 bits per heavy atom. The van der Waals surface area contributed by atoms with Crippen LogP contribution in [0.3, 0.4) is 0 Å². The number of pyridine rings is 2. The SMILES string of the molecule is CC(c1cc(C(F)(F)F)cnc1-c1ncc(-c2ccc(C(F)(F)F)cn2)s1)S(=O)O. The Labute approximate surface area is 172 Å². The first kappa shape index (κ1) is 22.3. The van der Waals surface area contributed by atoms with Crippen LogP contribution >= 0.6 is 11.3 Å². The molecule has 2 unspecified atom stereocenters. The van der Waals surface area contributed by atoms with Gasteiger partial charge in [0.2, 0.25) is 0 Å². The molecule has 0 fully saturated rings. The first-order valence-corrected chi connectivity index (χ1v) is 10.0. The second kappa shape index (κ2) is 8.04. The zero-order valence-corrected chi connectivity index (χ0v) is 16.5. The Balaban J connectivity index is 2.03. The molecule has 0 saturated heterocycles. The highest BCUT2D eigenvalue weighted by Gasteiger charge is 2.33. The van der Waals surface area contributed by atoms with E-state index in [-0.39, 0.29) is 22.0 Å². The molecule has 3 aromatic rings. The summed E-state index contributed by atoms with van der Waals surface area (Å²) in [7, 11) is 0. The maximum atomic E-state index is 13.0. The van der Waals surface area contributed by atoms with Crippen molar-refractivity contribution in [1.29, 1.82) is 0 Å². The molecule has 160 valence electrons. The van der Waals surface area contributed by atoms with E-state index in [9.17, 15) is 35.1 Å². The fourth-order valence-corrected chi connectivity index (χ4v) is 3.75. The Bertz CT molecular complexity index is 1080. The standard InChI is InChI=1S/C17H11F6N3O2S2/c1-8(30(27)28)11-4-10(17(21,22)23)6-25-14(11)15-26-7-13(29-15)12-3-2-9(5-24-12)16(18,19)20/h2-8H,1H3,(H,27,28). The molecule has 0 radical (unpaired) electrons. The summed E-state index contributed by atoms with van der Waals surface area (Å²) in [6.45, 7) is 1.27. The van der Waals surface area contributed by atoms with Gasteiger partial charge in [-0.3, -0.25) is 9.97 Å². The largest absolute Gasteiger partial charge is 0.417 e. The summed E-state index contributed by atoms with van der Waals surface area (Å²) >= 11 is -1.54. The summed E-state index contributed by atoms with van der Waals surface area (Å²) in [5.41, 5.74) is -1.99. The number of aromatic nitrogens is 3. The molecule has 0 spiro atoms. The third-order valence-corrected chi connectivity index (χ3v) is 5.92. The van der Waals surface area contributed by atoms with Crippen molar-refractivity contribution in [3.05, 3.63) is 53.5 Å². The van der Waals surface area contributed by atoms with Crippen molar-refractivity contribution in [3.8, 4) is 21.3 Å². The molecular weight excluding hydrogens is 456 g/mol. The highest BCUT2D eigenvalue weighted by atomic mass is 32.2. The van der Waals surface area contributed by atoms with Crippen LogP contribution in [0.2, 0.25) is 0 Å². The molecule has 30 heavy (non-hydrogen) atoms. The number of hydrogen-bond acceptors (Lipinski definition) is 5. The Hall–Kier alpha value is -2.38. The second-order valence-electron chi connectivity index (χ2n) is 6.04. The minimum absolute atomic E-state index is 0.0268. The number of hydrogen-bond donors (Lipinski definition) is 1. The summed E-state index contributed by atoms with van der Waals surface area (Å²) < 4.78 is 97.9. The topological polar surface area (TPSA) is 76.0 Å². The van der Waals surface area contributed by atoms with Crippen molar-refractivity contribution in [2.75, 3.05) is 0 Å². The maximum Gasteiger partial charge on any atom is 0.417 e. The molecule has 1 N–H and O–H groups in total. The van der Waals surface area contributed by atoms with Crippen LogP contribution in [0, 0.1) is 0 Å². The van der Waals surface area contributed by atoms with Gasteiger partial charge in [-0.25, -0.2) is 9.19 Å². The van der Waals surface area contributed by atoms with Crippen molar-refractivity contribution in [2.45, 2.75) is 24.5 Å². The Morgan fingerprint density at radius 3 is 2.13 bits per heavy atom. The number of alkyl halides is 6. The highest BCUT2D eigenvalue weighted by molar-refractivity contribution is 7.79. The third-order valence-electron chi connectivity index (χ3n) is 4.04. The van der Waals surface area contributed by atoms with E-state index in [0.717, 1.165) is 29.5 Å². The molecular formula is C17H11F6N3O2S2. The number of thiazole rings is 1. The predicted octanol–water partition coefficient (Wildman–Crippen LogP) is 5.59. The van der Waals surface area contributed by atoms with Crippen LogP contribution in [0.4, 0.5) is 26.3 Å². The van der Waals surface area contributed by atoms with Crippen LogP contribution < -0.4 is 0 Å². The molecule has 0 aliphatic carbocycles. The van der Waals surface area contributed by atoms with Gasteiger partial charge in [0.25, 0.3) is 0 Å². The molecule has 13 heteroatoms. The lowest BCUT2D eigenvalue weighted by atomic mass is 10.1. The quantitative estimate of drug-likeness (QED) is 0.400. The van der Waals surface area contributed by atoms with E-state index in [1.807, 2.05) is 0 Å². The lowest BCUT2D eigenvalue weighted by Gasteiger charge is -2.14. The Kier molecular flexibility index (Phi) is 5.98. The van der Waals surface area contributed by atoms with Gasteiger partial charge in [0.15, 0.2) is 11.1 Å². The van der Waals surface area contributed by atoms with E-state index < -0.39 is 39.8 Å². The van der Waals surface area contributed by atoms with E-state index >= 15 is 0 Å². The van der Waals surface area contributed by atoms with Crippen LogP contribution in [0.1, 0.15) is 28.9 Å². The lowest BCUT2D eigenvalue weighted by molar-refractivity contribution is -0.138. The predicted molar refractivity (Wildman–Crippen MR) is 97.8 cm³/mol. The van der Waals surface area contributed by atoms with Crippen molar-refractivity contribution in [2.24, 2.45) is 0 Å². The van der Waals surface area contributed by atoms with Crippen LogP contribution in [0.15, 0.2) is 36.8 Å². The average molecular weight is 467 g/mol. The van der Waals surface area contributed by atoms with Crippen LogP contribution in [0.5, 0.6) is 0 Å². The molecule has 0 saturated carbocycles. The van der Waals surface area contributed by atoms with Gasteiger partial charge in [0, 0.05) is 18.6 Å². The zero-order valence-electron chi connectivity index (χ0n) is 14.8. The zero-order chi connectivity index (χ0) is 22.3. The highest BCUT2D eigenvalue weighted by Crippen LogP contribution is 2.38. The maximum absolute atomic E-state index is 13.0. The fourth-order valence-electron chi connectivity index (χ4n) is 2.44. The molecule has 0 amide bonds. The minimum atomic E-state index is -4.70. The van der Waals surface area contributed by atoms with E-state index in [2.05, 4.69) is 15.0 Å². The van der Waals surface area contributed by atoms with Gasteiger partial charge < -0.3 is 4.55 Å². The molecule has 3 rings (SSSR count). The first-order chi connectivity index (χ1) is 13.9. The number of halogens is 6. The average Bonchev–Trinajstić information content (AvgIpc) is 3.15. The van der Waals surface area contributed by atoms with E-state index in [4.69, 9.17) is 0 Å². The molecule has 5 nitrogen and oxygen atoms in total. The van der Waals surface area contributed by atoms with Crippen LogP contribution in [-0.2, 0) is 23.4 Å². The molecule has 2 atom stereocenters. The third kappa shape index (κ3) is 4.68. The van der Waals surface area contributed by atoms with Crippen molar-refractivity contribution < 1.29 is 35.1 Å². The summed E-state index contributed by atoms with van der Waals surface area (Å²) in [5.74, 6) is 0. The normalized spacial score (nSPS) is 14.5. The molecule has 3 heterocycles. The number of nitrogens with zero attached hydrogens (tertiary/aromatic N) is 3. The Morgan fingerprint density at radius 2 is 1.60 bits per heavy atom. The molecule has 0 aliphatic rings. The molecule has 3 aromatic heterocycles. The van der Waals surface area contributed by atoms with Gasteiger partial charge >= 0.3 is 12.4 Å². The molecule has 0 aliphatic heterocycles.